The van der Waals surface area contributed by atoms with Crippen molar-refractivity contribution in [3.63, 3.8) is 0 Å². The number of fused-ring (bicyclic) bond motifs is 4. The molecule has 0 saturated carbocycles. The molecule has 6 heteroatoms. The quantitative estimate of drug-likeness (QED) is 0.431. The molecule has 0 N–H and O–H groups in total. The fraction of sp³-hybridized carbons (Fsp3) is 0.200. The summed E-state index contributed by atoms with van der Waals surface area (Å²) < 4.78 is 23.0. The molecule has 3 heterocycles. The Morgan fingerprint density at radius 3 is 2.45 bits per heavy atom. The summed E-state index contributed by atoms with van der Waals surface area (Å²) in [5.74, 6) is 1.01. The van der Waals surface area contributed by atoms with Crippen molar-refractivity contribution in [1.29, 1.82) is 0 Å². The maximum absolute atomic E-state index is 13.1. The number of benzene rings is 2. The van der Waals surface area contributed by atoms with E-state index in [4.69, 9.17) is 18.3 Å². The third-order valence-corrected chi connectivity index (χ3v) is 5.35. The van der Waals surface area contributed by atoms with Gasteiger partial charge in [0.05, 0.1) is 16.7 Å². The van der Waals surface area contributed by atoms with E-state index in [0.29, 0.717) is 45.8 Å². The molecule has 2 aromatic carbocycles. The molecule has 0 fully saturated rings. The average molecular weight is 416 g/mol. The third-order valence-electron chi connectivity index (χ3n) is 5.35. The van der Waals surface area contributed by atoms with Gasteiger partial charge in [-0.15, -0.1) is 0 Å². The zero-order valence-electron chi connectivity index (χ0n) is 17.4. The van der Waals surface area contributed by atoms with Crippen LogP contribution in [0.5, 0.6) is 5.75 Å². The van der Waals surface area contributed by atoms with Crippen molar-refractivity contribution in [3.8, 4) is 28.2 Å². The smallest absolute Gasteiger partial charge is 0.344 e. The molecule has 1 atom stereocenters. The Kier molecular flexibility index (Phi) is 4.52. The third kappa shape index (κ3) is 3.25. The molecule has 156 valence electrons. The normalized spacial score (nSPS) is 14.7. The summed E-state index contributed by atoms with van der Waals surface area (Å²) in [7, 11) is 0. The van der Waals surface area contributed by atoms with Crippen LogP contribution in [-0.2, 0) is 4.74 Å². The second-order valence-electron chi connectivity index (χ2n) is 7.62. The predicted molar refractivity (Wildman–Crippen MR) is 116 cm³/mol. The van der Waals surface area contributed by atoms with Crippen molar-refractivity contribution < 1.29 is 18.3 Å². The van der Waals surface area contributed by atoms with Crippen LogP contribution in [0.25, 0.3) is 33.4 Å². The van der Waals surface area contributed by atoms with Gasteiger partial charge in [-0.05, 0) is 51.1 Å². The van der Waals surface area contributed by atoms with Crippen molar-refractivity contribution in [2.75, 3.05) is 6.61 Å². The molecule has 0 aliphatic carbocycles. The zero-order chi connectivity index (χ0) is 21.7. The lowest BCUT2D eigenvalue weighted by molar-refractivity contribution is -0.0813. The van der Waals surface area contributed by atoms with Gasteiger partial charge in [0.1, 0.15) is 11.3 Å². The predicted octanol–water partition coefficient (Wildman–Crippen LogP) is 5.12. The van der Waals surface area contributed by atoms with E-state index in [2.05, 4.69) is 0 Å². The van der Waals surface area contributed by atoms with Gasteiger partial charge >= 0.3 is 11.3 Å². The van der Waals surface area contributed by atoms with Crippen LogP contribution in [0.2, 0.25) is 0 Å². The molecule has 1 unspecified atom stereocenters. The summed E-state index contributed by atoms with van der Waals surface area (Å²) in [6.07, 6.45) is -0.730. The van der Waals surface area contributed by atoms with Crippen molar-refractivity contribution in [1.82, 2.24) is 0 Å². The van der Waals surface area contributed by atoms with Crippen LogP contribution in [0.4, 0.5) is 0 Å². The fourth-order valence-electron chi connectivity index (χ4n) is 3.94. The molecule has 0 radical (unpaired) electrons. The maximum Gasteiger partial charge on any atom is 0.344 e. The van der Waals surface area contributed by atoms with Crippen molar-refractivity contribution in [2.45, 2.75) is 27.1 Å². The van der Waals surface area contributed by atoms with Gasteiger partial charge in [-0.2, -0.15) is 0 Å². The highest BCUT2D eigenvalue weighted by molar-refractivity contribution is 5.93. The Labute approximate surface area is 177 Å². The summed E-state index contributed by atoms with van der Waals surface area (Å²) in [4.78, 5) is 25.3. The molecular weight excluding hydrogens is 396 g/mol. The van der Waals surface area contributed by atoms with Gasteiger partial charge in [-0.1, -0.05) is 23.3 Å². The number of aryl methyl sites for hydroxylation is 2. The van der Waals surface area contributed by atoms with Gasteiger partial charge in [-0.3, -0.25) is 0 Å². The molecule has 1 aliphatic rings. The van der Waals surface area contributed by atoms with Crippen molar-refractivity contribution in [2.24, 2.45) is 0 Å². The van der Waals surface area contributed by atoms with Crippen LogP contribution in [0, 0.1) is 13.8 Å². The Hall–Kier alpha value is -3.64. The molecule has 31 heavy (non-hydrogen) atoms. The van der Waals surface area contributed by atoms with Crippen molar-refractivity contribution in [3.05, 3.63) is 86.1 Å². The topological polar surface area (TPSA) is 78.9 Å². The lowest BCUT2D eigenvalue weighted by Crippen LogP contribution is -2.20. The monoisotopic (exact) mass is 416 g/mol. The molecule has 0 amide bonds. The molecule has 6 nitrogen and oxygen atoms in total. The summed E-state index contributed by atoms with van der Waals surface area (Å²) in [6, 6.07) is 14.1. The summed E-state index contributed by atoms with van der Waals surface area (Å²) in [5, 5.41) is 0.660. The van der Waals surface area contributed by atoms with Gasteiger partial charge in [0.2, 0.25) is 6.29 Å². The van der Waals surface area contributed by atoms with Crippen molar-refractivity contribution >= 4 is 11.0 Å². The Bertz CT molecular complexity index is 1440. The standard InChI is InChI=1S/C25H20O6/c1-4-28-25-19-11-17(15-12-22(26)29-20-7-5-13(2)9-16(15)20)24(27)31-23(19)18-10-14(3)6-8-21(18)30-25/h5-12,25H,4H2,1-3H3. The van der Waals surface area contributed by atoms with E-state index in [-0.39, 0.29) is 5.56 Å². The van der Waals surface area contributed by atoms with Gasteiger partial charge < -0.3 is 18.3 Å². The Morgan fingerprint density at radius 2 is 1.65 bits per heavy atom. The highest BCUT2D eigenvalue weighted by Crippen LogP contribution is 2.44. The average Bonchev–Trinajstić information content (AvgIpc) is 2.74. The minimum atomic E-state index is -0.730. The van der Waals surface area contributed by atoms with Crippen LogP contribution >= 0.6 is 0 Å². The van der Waals surface area contributed by atoms with Gasteiger partial charge in [0.15, 0.2) is 5.76 Å². The highest BCUT2D eigenvalue weighted by Gasteiger charge is 2.31. The van der Waals surface area contributed by atoms with E-state index in [1.54, 1.807) is 12.1 Å². The molecular formula is C25H20O6. The molecule has 4 aromatic rings. The van der Waals surface area contributed by atoms with E-state index in [0.717, 1.165) is 11.1 Å². The number of hydrogen-bond acceptors (Lipinski definition) is 6. The first-order valence-corrected chi connectivity index (χ1v) is 10.1. The number of rotatable bonds is 3. The molecule has 0 saturated heterocycles. The Balaban J connectivity index is 1.81. The SMILES string of the molecule is CCOC1Oc2ccc(C)cc2-c2oc(=O)c(-c3cc(=O)oc4ccc(C)cc34)cc21. The van der Waals surface area contributed by atoms with Gasteiger partial charge in [0.25, 0.3) is 0 Å². The first kappa shape index (κ1) is 19.3. The minimum Gasteiger partial charge on any atom is -0.460 e. The van der Waals surface area contributed by atoms with Gasteiger partial charge in [-0.25, -0.2) is 9.59 Å². The molecule has 0 bridgehead atoms. The molecule has 2 aromatic heterocycles. The largest absolute Gasteiger partial charge is 0.460 e. The van der Waals surface area contributed by atoms with Crippen LogP contribution in [0.1, 0.15) is 29.9 Å². The second kappa shape index (κ2) is 7.25. The summed E-state index contributed by atoms with van der Waals surface area (Å²) in [6.45, 7) is 6.17. The summed E-state index contributed by atoms with van der Waals surface area (Å²) >= 11 is 0. The maximum atomic E-state index is 13.1. The number of hydrogen-bond donors (Lipinski definition) is 0. The fourth-order valence-corrected chi connectivity index (χ4v) is 3.94. The van der Waals surface area contributed by atoms with Gasteiger partial charge in [0, 0.05) is 23.6 Å². The minimum absolute atomic E-state index is 0.256. The molecule has 1 aliphatic heterocycles. The molecule has 0 spiro atoms. The highest BCUT2D eigenvalue weighted by atomic mass is 16.7. The van der Waals surface area contributed by atoms with E-state index < -0.39 is 17.5 Å². The zero-order valence-corrected chi connectivity index (χ0v) is 17.4. The lowest BCUT2D eigenvalue weighted by Gasteiger charge is -2.27. The van der Waals surface area contributed by atoms with E-state index in [1.807, 2.05) is 51.1 Å². The first-order chi connectivity index (χ1) is 14.9. The number of ether oxygens (including phenoxy) is 2. The van der Waals surface area contributed by atoms with Crippen LogP contribution in [-0.4, -0.2) is 6.61 Å². The Morgan fingerprint density at radius 1 is 0.871 bits per heavy atom. The lowest BCUT2D eigenvalue weighted by atomic mass is 9.97. The van der Waals surface area contributed by atoms with E-state index in [9.17, 15) is 9.59 Å². The van der Waals surface area contributed by atoms with Crippen LogP contribution in [0.15, 0.2) is 67.0 Å². The van der Waals surface area contributed by atoms with Crippen LogP contribution in [0.3, 0.4) is 0 Å². The van der Waals surface area contributed by atoms with E-state index >= 15 is 0 Å². The first-order valence-electron chi connectivity index (χ1n) is 10.1. The summed E-state index contributed by atoms with van der Waals surface area (Å²) in [5.41, 5.74) is 3.32. The second-order valence-corrected chi connectivity index (χ2v) is 7.62. The van der Waals surface area contributed by atoms with Crippen LogP contribution < -0.4 is 16.0 Å². The van der Waals surface area contributed by atoms with E-state index in [1.165, 1.54) is 6.07 Å². The molecule has 5 rings (SSSR count).